The number of amides is 1. The highest BCUT2D eigenvalue weighted by atomic mass is 16.5. The van der Waals surface area contributed by atoms with Gasteiger partial charge >= 0.3 is 5.97 Å². The molecular formula is C22H23NO4. The molecule has 27 heavy (non-hydrogen) atoms. The van der Waals surface area contributed by atoms with Crippen LogP contribution in [0.5, 0.6) is 0 Å². The number of Topliss-reactive ketones (excluding diaryl/α,β-unsaturated/α-hetero) is 1. The molecule has 0 aromatic heterocycles. The van der Waals surface area contributed by atoms with Crippen LogP contribution in [-0.2, 0) is 19.1 Å². The summed E-state index contributed by atoms with van der Waals surface area (Å²) in [6.07, 6.45) is 0.0937. The maximum atomic E-state index is 13.0. The predicted octanol–water partition coefficient (Wildman–Crippen LogP) is 3.47. The third-order valence-corrected chi connectivity index (χ3v) is 4.92. The van der Waals surface area contributed by atoms with Gasteiger partial charge in [0.25, 0.3) is 0 Å². The SMILES string of the molecule is CCOC(=O)C1C(=O)CC(c2ccccc2)N(C(C)=O)C1c1ccccc1. The van der Waals surface area contributed by atoms with E-state index >= 15 is 0 Å². The average Bonchev–Trinajstić information content (AvgIpc) is 2.68. The van der Waals surface area contributed by atoms with E-state index in [0.717, 1.165) is 11.1 Å². The fourth-order valence-electron chi connectivity index (χ4n) is 3.81. The Labute approximate surface area is 158 Å². The molecule has 1 fully saturated rings. The van der Waals surface area contributed by atoms with Crippen LogP contribution in [0.25, 0.3) is 0 Å². The van der Waals surface area contributed by atoms with Crippen LogP contribution in [0, 0.1) is 5.92 Å². The number of hydrogen-bond acceptors (Lipinski definition) is 4. The molecule has 5 nitrogen and oxygen atoms in total. The zero-order valence-electron chi connectivity index (χ0n) is 15.5. The van der Waals surface area contributed by atoms with E-state index in [4.69, 9.17) is 4.74 Å². The monoisotopic (exact) mass is 365 g/mol. The first kappa shape index (κ1) is 18.8. The van der Waals surface area contributed by atoms with Crippen LogP contribution in [0.15, 0.2) is 60.7 Å². The van der Waals surface area contributed by atoms with Crippen LogP contribution in [0.4, 0.5) is 0 Å². The normalized spacial score (nSPS) is 22.4. The van der Waals surface area contributed by atoms with Crippen molar-refractivity contribution < 1.29 is 19.1 Å². The van der Waals surface area contributed by atoms with Gasteiger partial charge in [0.05, 0.1) is 18.7 Å². The average molecular weight is 365 g/mol. The van der Waals surface area contributed by atoms with Gasteiger partial charge in [-0.15, -0.1) is 0 Å². The number of carbonyl (C=O) groups is 3. The number of piperidine rings is 1. The van der Waals surface area contributed by atoms with Crippen molar-refractivity contribution in [3.63, 3.8) is 0 Å². The lowest BCUT2D eigenvalue weighted by molar-refractivity contribution is -0.161. The lowest BCUT2D eigenvalue weighted by Crippen LogP contribution is -2.50. The lowest BCUT2D eigenvalue weighted by atomic mass is 9.79. The minimum absolute atomic E-state index is 0.0937. The van der Waals surface area contributed by atoms with Crippen LogP contribution >= 0.6 is 0 Å². The largest absolute Gasteiger partial charge is 0.465 e. The van der Waals surface area contributed by atoms with E-state index in [9.17, 15) is 14.4 Å². The maximum absolute atomic E-state index is 13.0. The molecule has 2 aromatic rings. The molecule has 1 saturated heterocycles. The second kappa shape index (κ2) is 8.16. The van der Waals surface area contributed by atoms with Crippen molar-refractivity contribution in [3.05, 3.63) is 71.8 Å². The number of rotatable bonds is 4. The Balaban J connectivity index is 2.12. The van der Waals surface area contributed by atoms with E-state index < -0.39 is 24.0 Å². The van der Waals surface area contributed by atoms with E-state index in [2.05, 4.69) is 0 Å². The van der Waals surface area contributed by atoms with Gasteiger partial charge in [0.2, 0.25) is 5.91 Å². The fraction of sp³-hybridized carbons (Fsp3) is 0.318. The molecule has 1 aliphatic heterocycles. The Kier molecular flexibility index (Phi) is 5.69. The van der Waals surface area contributed by atoms with Crippen molar-refractivity contribution >= 4 is 17.7 Å². The van der Waals surface area contributed by atoms with Crippen LogP contribution in [-0.4, -0.2) is 29.2 Å². The van der Waals surface area contributed by atoms with Gasteiger partial charge in [0.15, 0.2) is 5.78 Å². The number of ether oxygens (including phenoxy) is 1. The second-order valence-electron chi connectivity index (χ2n) is 6.61. The van der Waals surface area contributed by atoms with Crippen molar-refractivity contribution in [2.45, 2.75) is 32.4 Å². The molecule has 140 valence electrons. The van der Waals surface area contributed by atoms with Gasteiger partial charge in [-0.1, -0.05) is 60.7 Å². The van der Waals surface area contributed by atoms with Crippen molar-refractivity contribution in [1.82, 2.24) is 4.90 Å². The topological polar surface area (TPSA) is 63.7 Å². The van der Waals surface area contributed by atoms with Gasteiger partial charge in [-0.2, -0.15) is 0 Å². The molecule has 0 aliphatic carbocycles. The minimum atomic E-state index is -1.02. The van der Waals surface area contributed by atoms with E-state index in [1.165, 1.54) is 6.92 Å². The zero-order valence-corrected chi connectivity index (χ0v) is 15.5. The molecule has 2 aromatic carbocycles. The standard InChI is InChI=1S/C22H23NO4/c1-3-27-22(26)20-19(25)14-18(16-10-6-4-7-11-16)23(15(2)24)21(20)17-12-8-5-9-13-17/h4-13,18,20-21H,3,14H2,1-2H3. The highest BCUT2D eigenvalue weighted by Crippen LogP contribution is 2.43. The van der Waals surface area contributed by atoms with Crippen LogP contribution in [0.2, 0.25) is 0 Å². The molecule has 3 rings (SSSR count). The van der Waals surface area contributed by atoms with Gasteiger partial charge < -0.3 is 9.64 Å². The summed E-state index contributed by atoms with van der Waals surface area (Å²) in [6.45, 7) is 3.37. The molecule has 0 saturated carbocycles. The van der Waals surface area contributed by atoms with Gasteiger partial charge in [0, 0.05) is 13.3 Å². The summed E-state index contributed by atoms with van der Waals surface area (Å²) >= 11 is 0. The summed E-state index contributed by atoms with van der Waals surface area (Å²) in [5.41, 5.74) is 1.63. The Bertz CT molecular complexity index is 819. The summed E-state index contributed by atoms with van der Waals surface area (Å²) in [6, 6.07) is 17.6. The Morgan fingerprint density at radius 1 is 1.00 bits per heavy atom. The van der Waals surface area contributed by atoms with Gasteiger partial charge in [-0.25, -0.2) is 0 Å². The molecular weight excluding hydrogens is 342 g/mol. The molecule has 1 amide bonds. The molecule has 5 heteroatoms. The number of carbonyl (C=O) groups excluding carboxylic acids is 3. The molecule has 1 heterocycles. The highest BCUT2D eigenvalue weighted by molar-refractivity contribution is 6.02. The summed E-state index contributed by atoms with van der Waals surface area (Å²) in [5, 5.41) is 0. The van der Waals surface area contributed by atoms with E-state index in [-0.39, 0.29) is 24.7 Å². The van der Waals surface area contributed by atoms with Gasteiger partial charge in [-0.05, 0) is 18.1 Å². The molecule has 0 bridgehead atoms. The molecule has 1 aliphatic rings. The van der Waals surface area contributed by atoms with Crippen molar-refractivity contribution in [2.75, 3.05) is 6.61 Å². The first-order valence-corrected chi connectivity index (χ1v) is 9.12. The first-order valence-electron chi connectivity index (χ1n) is 9.12. The molecule has 0 spiro atoms. The zero-order chi connectivity index (χ0) is 19.4. The van der Waals surface area contributed by atoms with Crippen molar-refractivity contribution in [3.8, 4) is 0 Å². The Morgan fingerprint density at radius 3 is 2.07 bits per heavy atom. The smallest absolute Gasteiger partial charge is 0.318 e. The Morgan fingerprint density at radius 2 is 1.56 bits per heavy atom. The summed E-state index contributed by atoms with van der Waals surface area (Å²) in [5.74, 6) is -1.97. The molecule has 3 unspecified atom stereocenters. The number of nitrogens with zero attached hydrogens (tertiary/aromatic N) is 1. The van der Waals surface area contributed by atoms with Crippen molar-refractivity contribution in [2.24, 2.45) is 5.92 Å². The van der Waals surface area contributed by atoms with E-state index in [1.807, 2.05) is 60.7 Å². The van der Waals surface area contributed by atoms with Crippen molar-refractivity contribution in [1.29, 1.82) is 0 Å². The summed E-state index contributed by atoms with van der Waals surface area (Å²) in [4.78, 5) is 40.0. The Hall–Kier alpha value is -2.95. The minimum Gasteiger partial charge on any atom is -0.465 e. The number of hydrogen-bond donors (Lipinski definition) is 0. The van der Waals surface area contributed by atoms with Crippen LogP contribution < -0.4 is 0 Å². The molecule has 0 N–H and O–H groups in total. The third kappa shape index (κ3) is 3.77. The number of likely N-dealkylation sites (tertiary alicyclic amines) is 1. The molecule has 3 atom stereocenters. The molecule has 0 radical (unpaired) electrons. The quantitative estimate of drug-likeness (QED) is 0.615. The second-order valence-corrected chi connectivity index (χ2v) is 6.61. The lowest BCUT2D eigenvalue weighted by Gasteiger charge is -2.44. The number of ketones is 1. The summed E-state index contributed by atoms with van der Waals surface area (Å²) in [7, 11) is 0. The first-order chi connectivity index (χ1) is 13.0. The van der Waals surface area contributed by atoms with E-state index in [0.29, 0.717) is 0 Å². The third-order valence-electron chi connectivity index (χ3n) is 4.92. The maximum Gasteiger partial charge on any atom is 0.318 e. The summed E-state index contributed by atoms with van der Waals surface area (Å²) < 4.78 is 5.17. The van der Waals surface area contributed by atoms with Crippen LogP contribution in [0.1, 0.15) is 43.5 Å². The van der Waals surface area contributed by atoms with Gasteiger partial charge in [-0.3, -0.25) is 14.4 Å². The highest BCUT2D eigenvalue weighted by Gasteiger charge is 2.48. The number of esters is 1. The van der Waals surface area contributed by atoms with E-state index in [1.54, 1.807) is 11.8 Å². The predicted molar refractivity (Wildman–Crippen MR) is 101 cm³/mol. The van der Waals surface area contributed by atoms with Gasteiger partial charge in [0.1, 0.15) is 5.92 Å². The van der Waals surface area contributed by atoms with Crippen LogP contribution in [0.3, 0.4) is 0 Å². The number of benzene rings is 2. The fourth-order valence-corrected chi connectivity index (χ4v) is 3.81.